The second-order valence-corrected chi connectivity index (χ2v) is 8.19. The van der Waals surface area contributed by atoms with Gasteiger partial charge in [0.2, 0.25) is 0 Å². The van der Waals surface area contributed by atoms with E-state index in [1.807, 2.05) is 0 Å². The van der Waals surface area contributed by atoms with Crippen molar-refractivity contribution in [2.45, 2.75) is 39.2 Å². The van der Waals surface area contributed by atoms with Crippen molar-refractivity contribution in [3.05, 3.63) is 34.9 Å². The van der Waals surface area contributed by atoms with Gasteiger partial charge in [-0.2, -0.15) is 0 Å². The molecule has 1 aliphatic carbocycles. The molecule has 2 fully saturated rings. The van der Waals surface area contributed by atoms with Crippen molar-refractivity contribution >= 4 is 0 Å². The second kappa shape index (κ2) is 4.33. The first-order valence-corrected chi connectivity index (χ1v) is 8.36. The number of likely N-dealkylation sites (tertiary alicyclic amines) is 1. The van der Waals surface area contributed by atoms with Gasteiger partial charge in [-0.05, 0) is 44.5 Å². The Bertz CT molecular complexity index is 579. The molecule has 4 rings (SSSR count). The first-order chi connectivity index (χ1) is 9.94. The van der Waals surface area contributed by atoms with Crippen LogP contribution in [0.2, 0.25) is 0 Å². The first-order valence-electron chi connectivity index (χ1n) is 8.36. The average Bonchev–Trinajstić information content (AvgIpc) is 2.89. The predicted molar refractivity (Wildman–Crippen MR) is 85.4 cm³/mol. The minimum Gasteiger partial charge on any atom is -0.369 e. The smallest absolute Gasteiger partial charge is 0.102 e. The van der Waals surface area contributed by atoms with Crippen LogP contribution in [-0.4, -0.2) is 31.6 Å². The summed E-state index contributed by atoms with van der Waals surface area (Å²) in [7, 11) is 2.25. The van der Waals surface area contributed by atoms with Gasteiger partial charge in [-0.1, -0.05) is 37.6 Å². The monoisotopic (exact) mass is 285 g/mol. The number of benzene rings is 1. The molecule has 21 heavy (non-hydrogen) atoms. The number of nitrogens with zero attached hydrogens (tertiary/aromatic N) is 1. The molecule has 1 spiro atoms. The van der Waals surface area contributed by atoms with Crippen LogP contribution in [0, 0.1) is 24.2 Å². The number of rotatable bonds is 0. The number of hydrogen-bond acceptors (Lipinski definition) is 2. The standard InChI is InChI=1S/C19H27NO/c1-13-5-6-14-10-18(2,3)19(17(14)9-13)16-7-8-20(4)11-15(16)12-21-19/h5-6,9,15-16H,7-8,10-12H2,1-4H3. The highest BCUT2D eigenvalue weighted by Gasteiger charge is 2.63. The third-order valence-corrected chi connectivity index (χ3v) is 6.29. The molecule has 2 saturated heterocycles. The minimum atomic E-state index is -0.0414. The summed E-state index contributed by atoms with van der Waals surface area (Å²) in [5.41, 5.74) is 4.55. The molecule has 0 aromatic heterocycles. The molecule has 3 atom stereocenters. The lowest BCUT2D eigenvalue weighted by molar-refractivity contribution is -0.109. The quantitative estimate of drug-likeness (QED) is 0.724. The minimum absolute atomic E-state index is 0.0414. The number of ether oxygens (including phenoxy) is 1. The number of fused-ring (bicyclic) bond motifs is 4. The van der Waals surface area contributed by atoms with Crippen LogP contribution < -0.4 is 0 Å². The van der Waals surface area contributed by atoms with Gasteiger partial charge in [0, 0.05) is 23.8 Å². The maximum absolute atomic E-state index is 6.67. The molecule has 1 aromatic carbocycles. The van der Waals surface area contributed by atoms with Gasteiger partial charge in [-0.3, -0.25) is 0 Å². The normalized spacial score (nSPS) is 37.7. The average molecular weight is 285 g/mol. The molecular weight excluding hydrogens is 258 g/mol. The zero-order valence-corrected chi connectivity index (χ0v) is 13.8. The Morgan fingerprint density at radius 1 is 1.29 bits per heavy atom. The lowest BCUT2D eigenvalue weighted by Crippen LogP contribution is -2.48. The van der Waals surface area contributed by atoms with Crippen molar-refractivity contribution in [1.29, 1.82) is 0 Å². The molecule has 0 bridgehead atoms. The fraction of sp³-hybridized carbons (Fsp3) is 0.684. The van der Waals surface area contributed by atoms with Crippen LogP contribution in [0.15, 0.2) is 18.2 Å². The Hall–Kier alpha value is -0.860. The molecule has 0 amide bonds. The maximum Gasteiger partial charge on any atom is 0.102 e. The van der Waals surface area contributed by atoms with E-state index in [9.17, 15) is 0 Å². The highest BCUT2D eigenvalue weighted by molar-refractivity contribution is 5.45. The molecule has 114 valence electrons. The van der Waals surface area contributed by atoms with E-state index in [0.29, 0.717) is 11.8 Å². The van der Waals surface area contributed by atoms with Crippen LogP contribution in [0.25, 0.3) is 0 Å². The van der Waals surface area contributed by atoms with E-state index in [4.69, 9.17) is 4.74 Å². The van der Waals surface area contributed by atoms with Crippen molar-refractivity contribution in [1.82, 2.24) is 4.90 Å². The summed E-state index contributed by atoms with van der Waals surface area (Å²) >= 11 is 0. The molecule has 0 N–H and O–H groups in total. The van der Waals surface area contributed by atoms with Gasteiger partial charge in [0.15, 0.2) is 0 Å². The predicted octanol–water partition coefficient (Wildman–Crippen LogP) is 3.37. The van der Waals surface area contributed by atoms with Gasteiger partial charge in [0.05, 0.1) is 6.61 Å². The largest absolute Gasteiger partial charge is 0.369 e. The Balaban J connectivity index is 1.85. The molecule has 2 heteroatoms. The second-order valence-electron chi connectivity index (χ2n) is 8.19. The Morgan fingerprint density at radius 2 is 2.10 bits per heavy atom. The van der Waals surface area contributed by atoms with Crippen molar-refractivity contribution < 1.29 is 4.74 Å². The molecule has 0 radical (unpaired) electrons. The zero-order valence-electron chi connectivity index (χ0n) is 13.8. The van der Waals surface area contributed by atoms with Crippen LogP contribution in [-0.2, 0) is 16.8 Å². The van der Waals surface area contributed by atoms with Gasteiger partial charge in [0.25, 0.3) is 0 Å². The molecule has 0 saturated carbocycles. The van der Waals surface area contributed by atoms with Crippen LogP contribution in [0.4, 0.5) is 0 Å². The van der Waals surface area contributed by atoms with Gasteiger partial charge in [-0.15, -0.1) is 0 Å². The number of aryl methyl sites for hydroxylation is 1. The van der Waals surface area contributed by atoms with Gasteiger partial charge >= 0.3 is 0 Å². The van der Waals surface area contributed by atoms with Crippen molar-refractivity contribution in [3.63, 3.8) is 0 Å². The highest BCUT2D eigenvalue weighted by atomic mass is 16.5. The fourth-order valence-electron chi connectivity index (χ4n) is 5.40. The van der Waals surface area contributed by atoms with Gasteiger partial charge in [-0.25, -0.2) is 0 Å². The van der Waals surface area contributed by atoms with E-state index in [-0.39, 0.29) is 11.0 Å². The van der Waals surface area contributed by atoms with E-state index >= 15 is 0 Å². The third kappa shape index (κ3) is 1.72. The van der Waals surface area contributed by atoms with Crippen LogP contribution in [0.3, 0.4) is 0 Å². The van der Waals surface area contributed by atoms with Gasteiger partial charge in [0.1, 0.15) is 5.60 Å². The Morgan fingerprint density at radius 3 is 2.90 bits per heavy atom. The maximum atomic E-state index is 6.67. The highest BCUT2D eigenvalue weighted by Crippen LogP contribution is 2.62. The topological polar surface area (TPSA) is 12.5 Å². The SMILES string of the molecule is Cc1ccc2c(c1)C1(OCC3CN(C)CCC31)C(C)(C)C2. The summed E-state index contributed by atoms with van der Waals surface area (Å²) in [5, 5.41) is 0. The van der Waals surface area contributed by atoms with E-state index in [1.54, 1.807) is 0 Å². The summed E-state index contributed by atoms with van der Waals surface area (Å²) in [6.07, 6.45) is 2.43. The van der Waals surface area contributed by atoms with E-state index in [0.717, 1.165) is 13.0 Å². The molecule has 2 heterocycles. The molecular formula is C19H27NO. The third-order valence-electron chi connectivity index (χ3n) is 6.29. The zero-order chi connectivity index (χ0) is 14.8. The summed E-state index contributed by atoms with van der Waals surface area (Å²) < 4.78 is 6.67. The number of hydrogen-bond donors (Lipinski definition) is 0. The summed E-state index contributed by atoms with van der Waals surface area (Å²) in [6, 6.07) is 7.01. The lowest BCUT2D eigenvalue weighted by Gasteiger charge is -2.46. The van der Waals surface area contributed by atoms with Crippen LogP contribution >= 0.6 is 0 Å². The first kappa shape index (κ1) is 13.8. The lowest BCUT2D eigenvalue weighted by atomic mass is 9.64. The Kier molecular flexibility index (Phi) is 2.84. The summed E-state index contributed by atoms with van der Waals surface area (Å²) in [4.78, 5) is 2.47. The molecule has 2 aliphatic heterocycles. The van der Waals surface area contributed by atoms with E-state index in [1.165, 1.54) is 36.2 Å². The van der Waals surface area contributed by atoms with Gasteiger partial charge < -0.3 is 9.64 Å². The molecule has 1 aromatic rings. The Labute approximate surface area is 128 Å². The van der Waals surface area contributed by atoms with E-state index < -0.39 is 0 Å². The van der Waals surface area contributed by atoms with Crippen LogP contribution in [0.1, 0.15) is 37.0 Å². The molecule has 2 nitrogen and oxygen atoms in total. The number of piperidine rings is 1. The summed E-state index contributed by atoms with van der Waals surface area (Å²) in [5.74, 6) is 1.39. The van der Waals surface area contributed by atoms with Crippen molar-refractivity contribution in [2.24, 2.45) is 17.3 Å². The van der Waals surface area contributed by atoms with Crippen molar-refractivity contribution in [2.75, 3.05) is 26.7 Å². The summed E-state index contributed by atoms with van der Waals surface area (Å²) in [6.45, 7) is 10.4. The van der Waals surface area contributed by atoms with Crippen molar-refractivity contribution in [3.8, 4) is 0 Å². The fourth-order valence-corrected chi connectivity index (χ4v) is 5.40. The molecule has 3 aliphatic rings. The molecule has 3 unspecified atom stereocenters. The van der Waals surface area contributed by atoms with E-state index in [2.05, 4.69) is 50.9 Å². The van der Waals surface area contributed by atoms with Crippen LogP contribution in [0.5, 0.6) is 0 Å².